The van der Waals surface area contributed by atoms with E-state index in [4.69, 9.17) is 4.74 Å². The van der Waals surface area contributed by atoms with E-state index in [0.717, 1.165) is 31.1 Å². The molecule has 3 nitrogen and oxygen atoms in total. The molecule has 114 valence electrons. The molecule has 2 rings (SSSR count). The molecule has 1 N–H and O–H groups in total. The molecule has 21 heavy (non-hydrogen) atoms. The number of nitrogens with one attached hydrogen (secondary N) is 1. The zero-order valence-electron chi connectivity index (χ0n) is 13.1. The van der Waals surface area contributed by atoms with Crippen LogP contribution in [-0.2, 0) is 13.2 Å². The monoisotopic (exact) mass is 304 g/mol. The second-order valence-corrected chi connectivity index (χ2v) is 6.47. The van der Waals surface area contributed by atoms with E-state index in [2.05, 4.69) is 48.6 Å². The second kappa shape index (κ2) is 8.15. The first-order chi connectivity index (χ1) is 10.2. The summed E-state index contributed by atoms with van der Waals surface area (Å²) in [6.45, 7) is 8.99. The van der Waals surface area contributed by atoms with Crippen LogP contribution in [0, 0.1) is 0 Å². The summed E-state index contributed by atoms with van der Waals surface area (Å²) in [4.78, 5) is 5.84. The Morgan fingerprint density at radius 2 is 2.19 bits per heavy atom. The number of hydrogen-bond donors (Lipinski definition) is 1. The molecule has 2 aromatic rings. The van der Waals surface area contributed by atoms with Crippen LogP contribution in [0.2, 0.25) is 0 Å². The van der Waals surface area contributed by atoms with Gasteiger partial charge in [-0.1, -0.05) is 26.8 Å². The first kappa shape index (κ1) is 16.0. The van der Waals surface area contributed by atoms with Crippen LogP contribution in [0.4, 0.5) is 0 Å². The number of rotatable bonds is 8. The Balaban J connectivity index is 2.07. The fourth-order valence-electron chi connectivity index (χ4n) is 2.00. The summed E-state index contributed by atoms with van der Waals surface area (Å²) in [5.41, 5.74) is 2.33. The third-order valence-electron chi connectivity index (χ3n) is 3.17. The van der Waals surface area contributed by atoms with Gasteiger partial charge in [-0.2, -0.15) is 0 Å². The highest BCUT2D eigenvalue weighted by Crippen LogP contribution is 2.20. The summed E-state index contributed by atoms with van der Waals surface area (Å²) >= 11 is 1.71. The van der Waals surface area contributed by atoms with Gasteiger partial charge in [0.15, 0.2) is 0 Å². The molecule has 0 atom stereocenters. The lowest BCUT2D eigenvalue weighted by atomic mass is 10.1. The number of thiophene rings is 1. The van der Waals surface area contributed by atoms with Crippen LogP contribution in [0.5, 0.6) is 5.88 Å². The van der Waals surface area contributed by atoms with E-state index in [1.165, 1.54) is 10.4 Å². The number of aromatic nitrogens is 1. The summed E-state index contributed by atoms with van der Waals surface area (Å²) in [7, 11) is 0. The Kier molecular flexibility index (Phi) is 6.21. The van der Waals surface area contributed by atoms with Crippen LogP contribution < -0.4 is 10.1 Å². The van der Waals surface area contributed by atoms with Crippen molar-refractivity contribution in [2.45, 2.75) is 46.3 Å². The van der Waals surface area contributed by atoms with Crippen LogP contribution in [0.1, 0.15) is 49.2 Å². The Hall–Kier alpha value is -1.39. The molecule has 0 aromatic carbocycles. The van der Waals surface area contributed by atoms with Crippen molar-refractivity contribution >= 4 is 11.3 Å². The molecule has 0 unspecified atom stereocenters. The lowest BCUT2D eigenvalue weighted by Gasteiger charge is -2.12. The van der Waals surface area contributed by atoms with E-state index in [0.29, 0.717) is 12.5 Å². The van der Waals surface area contributed by atoms with E-state index < -0.39 is 0 Å². The summed E-state index contributed by atoms with van der Waals surface area (Å²) in [6, 6.07) is 8.34. The zero-order chi connectivity index (χ0) is 15.1. The summed E-state index contributed by atoms with van der Waals surface area (Å²) in [5.74, 6) is 1.13. The van der Waals surface area contributed by atoms with Crippen molar-refractivity contribution in [3.63, 3.8) is 0 Å². The molecular formula is C17H24N2OS. The smallest absolute Gasteiger partial charge is 0.214 e. The molecular weight excluding hydrogens is 280 g/mol. The Morgan fingerprint density at radius 3 is 2.86 bits per heavy atom. The normalized spacial score (nSPS) is 11.0. The van der Waals surface area contributed by atoms with Gasteiger partial charge in [-0.25, -0.2) is 4.98 Å². The van der Waals surface area contributed by atoms with Gasteiger partial charge in [0.05, 0.1) is 0 Å². The van der Waals surface area contributed by atoms with Crippen molar-refractivity contribution in [1.82, 2.24) is 10.3 Å². The van der Waals surface area contributed by atoms with Gasteiger partial charge in [0.25, 0.3) is 0 Å². The first-order valence-corrected chi connectivity index (χ1v) is 8.43. The molecule has 0 aliphatic heterocycles. The van der Waals surface area contributed by atoms with Crippen molar-refractivity contribution in [3.8, 4) is 5.88 Å². The van der Waals surface area contributed by atoms with Crippen molar-refractivity contribution < 1.29 is 4.74 Å². The second-order valence-electron chi connectivity index (χ2n) is 5.44. The van der Waals surface area contributed by atoms with Gasteiger partial charge in [0, 0.05) is 23.2 Å². The molecule has 4 heteroatoms. The highest BCUT2D eigenvalue weighted by Gasteiger charge is 2.07. The Labute approximate surface area is 131 Å². The van der Waals surface area contributed by atoms with Crippen LogP contribution in [0.15, 0.2) is 29.6 Å². The van der Waals surface area contributed by atoms with E-state index >= 15 is 0 Å². The van der Waals surface area contributed by atoms with Crippen LogP contribution >= 0.6 is 11.3 Å². The Morgan fingerprint density at radius 1 is 1.33 bits per heavy atom. The van der Waals surface area contributed by atoms with E-state index in [1.54, 1.807) is 11.3 Å². The quantitative estimate of drug-likeness (QED) is 0.736. The Bertz CT molecular complexity index is 538. The van der Waals surface area contributed by atoms with Gasteiger partial charge in [-0.15, -0.1) is 11.3 Å². The van der Waals surface area contributed by atoms with Gasteiger partial charge in [0.1, 0.15) is 6.61 Å². The third kappa shape index (κ3) is 5.14. The number of nitrogens with zero attached hydrogens (tertiary/aromatic N) is 1. The first-order valence-electron chi connectivity index (χ1n) is 7.55. The van der Waals surface area contributed by atoms with Gasteiger partial charge in [-0.3, -0.25) is 0 Å². The van der Waals surface area contributed by atoms with Gasteiger partial charge in [-0.05, 0) is 42.0 Å². The minimum atomic E-state index is 0.403. The number of pyridine rings is 1. The summed E-state index contributed by atoms with van der Waals surface area (Å²) < 4.78 is 5.86. The van der Waals surface area contributed by atoms with E-state index in [9.17, 15) is 0 Å². The topological polar surface area (TPSA) is 34.1 Å². The highest BCUT2D eigenvalue weighted by molar-refractivity contribution is 7.09. The van der Waals surface area contributed by atoms with Crippen LogP contribution in [-0.4, -0.2) is 11.5 Å². The largest absolute Gasteiger partial charge is 0.472 e. The van der Waals surface area contributed by atoms with Crippen molar-refractivity contribution in [1.29, 1.82) is 0 Å². The molecule has 2 aromatic heterocycles. The summed E-state index contributed by atoms with van der Waals surface area (Å²) in [6.07, 6.45) is 1.14. The van der Waals surface area contributed by atoms with Crippen molar-refractivity contribution in [2.75, 3.05) is 6.54 Å². The average Bonchev–Trinajstić information content (AvgIpc) is 2.98. The fraction of sp³-hybridized carbons (Fsp3) is 0.471. The van der Waals surface area contributed by atoms with Crippen molar-refractivity contribution in [3.05, 3.63) is 45.8 Å². The lowest BCUT2D eigenvalue weighted by Crippen LogP contribution is -2.14. The van der Waals surface area contributed by atoms with Gasteiger partial charge >= 0.3 is 0 Å². The maximum atomic E-state index is 5.86. The standard InChI is InChI=1S/C17H24N2OS/c1-4-7-18-11-14-9-16(13(2)3)19-17(10-14)20-12-15-6-5-8-21-15/h5-6,8-10,13,18H,4,7,11-12H2,1-3H3. The molecule has 0 aliphatic rings. The third-order valence-corrected chi connectivity index (χ3v) is 4.02. The van der Waals surface area contributed by atoms with Crippen molar-refractivity contribution in [2.24, 2.45) is 0 Å². The SMILES string of the molecule is CCCNCc1cc(OCc2cccs2)nc(C(C)C)c1. The van der Waals surface area contributed by atoms with Crippen LogP contribution in [0.3, 0.4) is 0 Å². The van der Waals surface area contributed by atoms with E-state index in [1.807, 2.05) is 12.1 Å². The number of hydrogen-bond acceptors (Lipinski definition) is 4. The maximum Gasteiger partial charge on any atom is 0.214 e. The predicted octanol–water partition coefficient (Wildman–Crippen LogP) is 4.35. The molecule has 0 fully saturated rings. The number of ether oxygens (including phenoxy) is 1. The average molecular weight is 304 g/mol. The maximum absolute atomic E-state index is 5.86. The predicted molar refractivity (Wildman–Crippen MR) is 89.0 cm³/mol. The minimum Gasteiger partial charge on any atom is -0.472 e. The molecule has 0 saturated carbocycles. The zero-order valence-corrected chi connectivity index (χ0v) is 13.9. The fourth-order valence-corrected chi connectivity index (χ4v) is 2.62. The molecule has 0 amide bonds. The molecule has 0 aliphatic carbocycles. The van der Waals surface area contributed by atoms with E-state index in [-0.39, 0.29) is 0 Å². The summed E-state index contributed by atoms with van der Waals surface area (Å²) in [5, 5.41) is 5.50. The van der Waals surface area contributed by atoms with Gasteiger partial charge in [0.2, 0.25) is 5.88 Å². The van der Waals surface area contributed by atoms with Gasteiger partial charge < -0.3 is 10.1 Å². The molecule has 2 heterocycles. The molecule has 0 saturated heterocycles. The minimum absolute atomic E-state index is 0.403. The highest BCUT2D eigenvalue weighted by atomic mass is 32.1. The molecule has 0 bridgehead atoms. The van der Waals surface area contributed by atoms with Crippen LogP contribution in [0.25, 0.3) is 0 Å². The molecule has 0 spiro atoms. The molecule has 0 radical (unpaired) electrons. The lowest BCUT2D eigenvalue weighted by molar-refractivity contribution is 0.295.